The van der Waals surface area contributed by atoms with Crippen LogP contribution in [0.1, 0.15) is 19.8 Å². The summed E-state index contributed by atoms with van der Waals surface area (Å²) in [6.45, 7) is 4.67. The molecular formula is C7H13N2. The summed E-state index contributed by atoms with van der Waals surface area (Å²) in [4.78, 5) is 0. The molecule has 9 heavy (non-hydrogen) atoms. The van der Waals surface area contributed by atoms with E-state index in [-0.39, 0.29) is 0 Å². The van der Waals surface area contributed by atoms with E-state index in [1.165, 1.54) is 25.9 Å². The number of fused-ring (bicyclic) bond motifs is 3. The second-order valence-corrected chi connectivity index (χ2v) is 3.15. The summed E-state index contributed by atoms with van der Waals surface area (Å²) in [6, 6.07) is 0.618. The van der Waals surface area contributed by atoms with Gasteiger partial charge in [0.2, 0.25) is 0 Å². The van der Waals surface area contributed by atoms with Crippen molar-refractivity contribution >= 4 is 0 Å². The molecule has 1 atom stereocenters. The van der Waals surface area contributed by atoms with E-state index < -0.39 is 0 Å². The average molecular weight is 125 g/mol. The summed E-state index contributed by atoms with van der Waals surface area (Å²) in [6.07, 6.45) is 2.76. The molecule has 3 aliphatic rings. The third kappa shape index (κ3) is 0.864. The molecule has 3 aliphatic heterocycles. The van der Waals surface area contributed by atoms with E-state index in [1.54, 1.807) is 0 Å². The topological polar surface area (TPSA) is 17.3 Å². The Morgan fingerprint density at radius 1 is 1.33 bits per heavy atom. The van der Waals surface area contributed by atoms with Crippen molar-refractivity contribution in [1.82, 2.24) is 10.4 Å². The van der Waals surface area contributed by atoms with Crippen molar-refractivity contribution in [2.75, 3.05) is 13.1 Å². The van der Waals surface area contributed by atoms with Crippen LogP contribution >= 0.6 is 0 Å². The van der Waals surface area contributed by atoms with E-state index in [2.05, 4.69) is 17.4 Å². The molecule has 51 valence electrons. The molecule has 3 saturated heterocycles. The second kappa shape index (κ2) is 1.96. The molecule has 3 rings (SSSR count). The maximum atomic E-state index is 4.48. The highest BCUT2D eigenvalue weighted by molar-refractivity contribution is 4.83. The van der Waals surface area contributed by atoms with Gasteiger partial charge in [0, 0.05) is 19.1 Å². The molecule has 2 heteroatoms. The molecule has 0 aromatic heterocycles. The number of piperidine rings is 1. The van der Waals surface area contributed by atoms with E-state index in [0.717, 1.165) is 5.92 Å². The number of rotatable bonds is 0. The van der Waals surface area contributed by atoms with Crippen molar-refractivity contribution in [2.24, 2.45) is 5.92 Å². The normalized spacial score (nSPS) is 49.7. The van der Waals surface area contributed by atoms with Crippen LogP contribution < -0.4 is 5.43 Å². The second-order valence-electron chi connectivity index (χ2n) is 3.15. The van der Waals surface area contributed by atoms with E-state index in [0.29, 0.717) is 6.04 Å². The van der Waals surface area contributed by atoms with Gasteiger partial charge in [-0.1, -0.05) is 0 Å². The Kier molecular flexibility index (Phi) is 1.24. The molecule has 1 radical (unpaired) electrons. The van der Waals surface area contributed by atoms with Crippen LogP contribution in [0.15, 0.2) is 0 Å². The number of hydrogen-bond acceptors (Lipinski definition) is 1. The molecule has 0 aromatic rings. The van der Waals surface area contributed by atoms with Gasteiger partial charge in [-0.2, -0.15) is 5.43 Å². The van der Waals surface area contributed by atoms with Crippen LogP contribution in [0.5, 0.6) is 0 Å². The zero-order valence-corrected chi connectivity index (χ0v) is 5.88. The van der Waals surface area contributed by atoms with Crippen molar-refractivity contribution in [3.63, 3.8) is 0 Å². The maximum absolute atomic E-state index is 4.48. The highest BCUT2D eigenvalue weighted by atomic mass is 15.5. The summed E-state index contributed by atoms with van der Waals surface area (Å²) >= 11 is 0. The fourth-order valence-electron chi connectivity index (χ4n) is 1.84. The van der Waals surface area contributed by atoms with Crippen LogP contribution in [0.4, 0.5) is 0 Å². The quantitative estimate of drug-likeness (QED) is 0.464. The van der Waals surface area contributed by atoms with E-state index in [9.17, 15) is 0 Å². The van der Waals surface area contributed by atoms with Gasteiger partial charge in [-0.15, -0.1) is 0 Å². The van der Waals surface area contributed by atoms with Crippen LogP contribution in [0.3, 0.4) is 0 Å². The summed E-state index contributed by atoms with van der Waals surface area (Å²) in [5.41, 5.74) is 4.48. The lowest BCUT2D eigenvalue weighted by Gasteiger charge is -2.42. The van der Waals surface area contributed by atoms with Crippen molar-refractivity contribution in [2.45, 2.75) is 25.8 Å². The first kappa shape index (κ1) is 5.69. The molecule has 0 spiro atoms. The maximum Gasteiger partial charge on any atom is 0.0419 e. The predicted octanol–water partition coefficient (Wildman–Crippen LogP) is 0.620. The van der Waals surface area contributed by atoms with Gasteiger partial charge in [-0.3, -0.25) is 0 Å². The number of nitrogens with zero attached hydrogens (tertiary/aromatic N) is 2. The summed E-state index contributed by atoms with van der Waals surface area (Å²) in [7, 11) is 0. The van der Waals surface area contributed by atoms with Gasteiger partial charge in [0.05, 0.1) is 0 Å². The minimum absolute atomic E-state index is 0.618. The third-order valence-corrected chi connectivity index (χ3v) is 2.54. The molecule has 0 aromatic carbocycles. The molecule has 0 aliphatic carbocycles. The minimum Gasteiger partial charge on any atom is -0.227 e. The monoisotopic (exact) mass is 125 g/mol. The summed E-state index contributed by atoms with van der Waals surface area (Å²) in [5.74, 6) is 0.912. The molecule has 0 amide bonds. The molecule has 0 N–H and O–H groups in total. The van der Waals surface area contributed by atoms with Crippen molar-refractivity contribution in [3.05, 3.63) is 0 Å². The summed E-state index contributed by atoms with van der Waals surface area (Å²) in [5, 5.41) is 2.23. The standard InChI is InChI=1S/C7H13N2/c1-6-7-2-4-9(8-6)5-3-7/h6-7H,2-5H2,1H3. The summed E-state index contributed by atoms with van der Waals surface area (Å²) < 4.78 is 0. The molecule has 3 heterocycles. The molecule has 1 unspecified atom stereocenters. The lowest BCUT2D eigenvalue weighted by Crippen LogP contribution is -2.53. The Morgan fingerprint density at radius 3 is 2.22 bits per heavy atom. The van der Waals surface area contributed by atoms with E-state index in [4.69, 9.17) is 0 Å². The fourth-order valence-corrected chi connectivity index (χ4v) is 1.84. The first-order valence-electron chi connectivity index (χ1n) is 3.82. The lowest BCUT2D eigenvalue weighted by molar-refractivity contribution is 0.0130. The number of hydrogen-bond donors (Lipinski definition) is 0. The third-order valence-electron chi connectivity index (χ3n) is 2.54. The Hall–Kier alpha value is -0.0800. The van der Waals surface area contributed by atoms with Gasteiger partial charge >= 0.3 is 0 Å². The van der Waals surface area contributed by atoms with Crippen LogP contribution in [0, 0.1) is 5.92 Å². The Balaban J connectivity index is 2.06. The first-order chi connectivity index (χ1) is 4.36. The first-order valence-corrected chi connectivity index (χ1v) is 3.82. The van der Waals surface area contributed by atoms with Crippen molar-refractivity contribution in [3.8, 4) is 0 Å². The van der Waals surface area contributed by atoms with Gasteiger partial charge in [0.1, 0.15) is 0 Å². The van der Waals surface area contributed by atoms with Gasteiger partial charge < -0.3 is 0 Å². The van der Waals surface area contributed by atoms with Gasteiger partial charge in [0.15, 0.2) is 0 Å². The minimum atomic E-state index is 0.618. The van der Waals surface area contributed by atoms with Crippen LogP contribution in [-0.4, -0.2) is 24.1 Å². The SMILES string of the molecule is CC1[N]N2CCC1CC2. The van der Waals surface area contributed by atoms with E-state index >= 15 is 0 Å². The zero-order chi connectivity index (χ0) is 6.27. The Morgan fingerprint density at radius 2 is 2.00 bits per heavy atom. The molecule has 0 saturated carbocycles. The fraction of sp³-hybridized carbons (Fsp3) is 1.00. The van der Waals surface area contributed by atoms with Crippen molar-refractivity contribution in [1.29, 1.82) is 0 Å². The molecule has 2 bridgehead atoms. The Labute approximate surface area is 56.2 Å². The average Bonchev–Trinajstić information content (AvgIpc) is 1.90. The molecule has 2 nitrogen and oxygen atoms in total. The van der Waals surface area contributed by atoms with Gasteiger partial charge in [0.25, 0.3) is 0 Å². The lowest BCUT2D eigenvalue weighted by atomic mass is 9.89. The van der Waals surface area contributed by atoms with Crippen LogP contribution in [0.2, 0.25) is 0 Å². The molecular weight excluding hydrogens is 112 g/mol. The Bertz CT molecular complexity index is 105. The van der Waals surface area contributed by atoms with Gasteiger partial charge in [-0.05, 0) is 25.7 Å². The predicted molar refractivity (Wildman–Crippen MR) is 35.9 cm³/mol. The highest BCUT2D eigenvalue weighted by Crippen LogP contribution is 2.25. The zero-order valence-electron chi connectivity index (χ0n) is 5.88. The molecule has 3 fully saturated rings. The largest absolute Gasteiger partial charge is 0.227 e. The highest BCUT2D eigenvalue weighted by Gasteiger charge is 2.31. The van der Waals surface area contributed by atoms with Crippen molar-refractivity contribution < 1.29 is 0 Å². The van der Waals surface area contributed by atoms with Crippen LogP contribution in [0.25, 0.3) is 0 Å². The van der Waals surface area contributed by atoms with E-state index in [1.807, 2.05) is 0 Å². The van der Waals surface area contributed by atoms with Crippen LogP contribution in [-0.2, 0) is 0 Å². The van der Waals surface area contributed by atoms with Gasteiger partial charge in [-0.25, -0.2) is 5.01 Å². The smallest absolute Gasteiger partial charge is 0.0419 e.